The number of nitrogens with zero attached hydrogens (tertiary/aromatic N) is 2. The van der Waals surface area contributed by atoms with Gasteiger partial charge in [0.05, 0.1) is 0 Å². The molecule has 5 nitrogen and oxygen atoms in total. The summed E-state index contributed by atoms with van der Waals surface area (Å²) in [6.45, 7) is 2.07. The largest absolute Gasteiger partial charge is 0.337 e. The minimum Gasteiger partial charge on any atom is -0.337 e. The molecule has 0 aliphatic carbocycles. The molecular formula is C14H22N4O. The molecule has 5 heteroatoms. The second kappa shape index (κ2) is 6.04. The first-order chi connectivity index (χ1) is 9.11. The Morgan fingerprint density at radius 3 is 2.68 bits per heavy atom. The van der Waals surface area contributed by atoms with E-state index in [1.807, 2.05) is 24.1 Å². The molecule has 0 bridgehead atoms. The number of hydrogen-bond acceptors (Lipinski definition) is 4. The second-order valence-electron chi connectivity index (χ2n) is 5.20. The van der Waals surface area contributed by atoms with Gasteiger partial charge in [-0.3, -0.25) is 10.6 Å². The lowest BCUT2D eigenvalue weighted by molar-refractivity contribution is 0.0644. The van der Waals surface area contributed by atoms with Crippen molar-refractivity contribution in [2.75, 3.05) is 32.6 Å². The third-order valence-corrected chi connectivity index (χ3v) is 3.77. The Hall–Kier alpha value is -1.59. The van der Waals surface area contributed by atoms with Crippen LogP contribution in [0.1, 0.15) is 23.2 Å². The topological polar surface area (TPSA) is 61.6 Å². The van der Waals surface area contributed by atoms with Crippen LogP contribution in [0.2, 0.25) is 0 Å². The Kier molecular flexibility index (Phi) is 4.39. The Balaban J connectivity index is 2.05. The van der Waals surface area contributed by atoms with Gasteiger partial charge in [0.25, 0.3) is 5.91 Å². The molecule has 1 heterocycles. The number of carbonyl (C=O) groups excluding carboxylic acids is 1. The molecule has 1 aromatic rings. The highest BCUT2D eigenvalue weighted by atomic mass is 16.2. The molecule has 3 N–H and O–H groups in total. The van der Waals surface area contributed by atoms with Gasteiger partial charge in [0.1, 0.15) is 0 Å². The van der Waals surface area contributed by atoms with Crippen molar-refractivity contribution in [2.45, 2.75) is 18.9 Å². The SMILES string of the molecule is CN1CCCC(N(C)C(=O)c2ccc(NN)cc2)C1. The lowest BCUT2D eigenvalue weighted by Crippen LogP contribution is -2.47. The summed E-state index contributed by atoms with van der Waals surface area (Å²) < 4.78 is 0. The third-order valence-electron chi connectivity index (χ3n) is 3.77. The molecule has 1 atom stereocenters. The molecule has 104 valence electrons. The molecule has 2 rings (SSSR count). The number of likely N-dealkylation sites (tertiary alicyclic amines) is 1. The average molecular weight is 262 g/mol. The van der Waals surface area contributed by atoms with E-state index >= 15 is 0 Å². The lowest BCUT2D eigenvalue weighted by atomic mass is 10.0. The van der Waals surface area contributed by atoms with E-state index in [1.165, 1.54) is 0 Å². The van der Waals surface area contributed by atoms with Gasteiger partial charge in [-0.05, 0) is 50.7 Å². The van der Waals surface area contributed by atoms with Crippen molar-refractivity contribution in [1.82, 2.24) is 9.80 Å². The van der Waals surface area contributed by atoms with E-state index in [1.54, 1.807) is 12.1 Å². The van der Waals surface area contributed by atoms with Crippen LogP contribution in [0.3, 0.4) is 0 Å². The number of rotatable bonds is 3. The molecule has 0 saturated carbocycles. The van der Waals surface area contributed by atoms with E-state index in [2.05, 4.69) is 17.4 Å². The van der Waals surface area contributed by atoms with Crippen LogP contribution in [-0.4, -0.2) is 48.9 Å². The fourth-order valence-corrected chi connectivity index (χ4v) is 2.53. The molecule has 0 radical (unpaired) electrons. The van der Waals surface area contributed by atoms with Crippen LogP contribution >= 0.6 is 0 Å². The van der Waals surface area contributed by atoms with Crippen LogP contribution in [0.5, 0.6) is 0 Å². The number of nitrogens with two attached hydrogens (primary N) is 1. The second-order valence-corrected chi connectivity index (χ2v) is 5.20. The number of benzene rings is 1. The van der Waals surface area contributed by atoms with Crippen LogP contribution in [0.25, 0.3) is 0 Å². The smallest absolute Gasteiger partial charge is 0.253 e. The molecule has 1 unspecified atom stereocenters. The minimum absolute atomic E-state index is 0.0730. The summed E-state index contributed by atoms with van der Waals surface area (Å²) in [5.74, 6) is 5.39. The number of likely N-dealkylation sites (N-methyl/N-ethyl adjacent to an activating group) is 2. The van der Waals surface area contributed by atoms with E-state index < -0.39 is 0 Å². The first-order valence-electron chi connectivity index (χ1n) is 6.64. The summed E-state index contributed by atoms with van der Waals surface area (Å²) in [5, 5.41) is 0. The highest BCUT2D eigenvalue weighted by molar-refractivity contribution is 5.94. The average Bonchev–Trinajstić information content (AvgIpc) is 2.46. The number of piperidine rings is 1. The number of carbonyl (C=O) groups is 1. The monoisotopic (exact) mass is 262 g/mol. The van der Waals surface area contributed by atoms with E-state index in [-0.39, 0.29) is 5.91 Å². The lowest BCUT2D eigenvalue weighted by Gasteiger charge is -2.35. The quantitative estimate of drug-likeness (QED) is 0.633. The summed E-state index contributed by atoms with van der Waals surface area (Å²) in [7, 11) is 3.99. The Bertz CT molecular complexity index is 432. The van der Waals surface area contributed by atoms with Crippen molar-refractivity contribution in [2.24, 2.45) is 5.84 Å². The standard InChI is InChI=1S/C14H22N4O/c1-17-9-3-4-13(10-17)18(2)14(19)11-5-7-12(16-15)8-6-11/h5-8,13,16H,3-4,9-10,15H2,1-2H3. The van der Waals surface area contributed by atoms with E-state index in [4.69, 9.17) is 5.84 Å². The molecule has 19 heavy (non-hydrogen) atoms. The number of hydrogen-bond donors (Lipinski definition) is 2. The Morgan fingerprint density at radius 1 is 1.42 bits per heavy atom. The van der Waals surface area contributed by atoms with Crippen LogP contribution < -0.4 is 11.3 Å². The van der Waals surface area contributed by atoms with Crippen molar-refractivity contribution in [3.63, 3.8) is 0 Å². The molecule has 1 amide bonds. The zero-order chi connectivity index (χ0) is 13.8. The summed E-state index contributed by atoms with van der Waals surface area (Å²) in [6.07, 6.45) is 2.23. The van der Waals surface area contributed by atoms with E-state index in [0.717, 1.165) is 31.6 Å². The summed E-state index contributed by atoms with van der Waals surface area (Å²) in [5.41, 5.74) is 4.07. The molecule has 1 aliphatic rings. The van der Waals surface area contributed by atoms with Gasteiger partial charge in [-0.1, -0.05) is 0 Å². The van der Waals surface area contributed by atoms with Gasteiger partial charge in [-0.25, -0.2) is 0 Å². The van der Waals surface area contributed by atoms with Crippen molar-refractivity contribution in [1.29, 1.82) is 0 Å². The van der Waals surface area contributed by atoms with Crippen molar-refractivity contribution >= 4 is 11.6 Å². The van der Waals surface area contributed by atoms with Crippen LogP contribution in [0.15, 0.2) is 24.3 Å². The van der Waals surface area contributed by atoms with Crippen molar-refractivity contribution < 1.29 is 4.79 Å². The maximum Gasteiger partial charge on any atom is 0.253 e. The molecule has 1 aromatic carbocycles. The fraction of sp³-hybridized carbons (Fsp3) is 0.500. The van der Waals surface area contributed by atoms with Crippen molar-refractivity contribution in [3.8, 4) is 0 Å². The predicted octanol–water partition coefficient (Wildman–Crippen LogP) is 1.14. The summed E-state index contributed by atoms with van der Waals surface area (Å²) >= 11 is 0. The minimum atomic E-state index is 0.0730. The zero-order valence-electron chi connectivity index (χ0n) is 11.6. The van der Waals surface area contributed by atoms with Crippen LogP contribution in [-0.2, 0) is 0 Å². The number of anilines is 1. The molecule has 1 aliphatic heterocycles. The van der Waals surface area contributed by atoms with Gasteiger partial charge in [0, 0.05) is 30.9 Å². The van der Waals surface area contributed by atoms with Gasteiger partial charge in [-0.2, -0.15) is 0 Å². The van der Waals surface area contributed by atoms with Gasteiger partial charge >= 0.3 is 0 Å². The first-order valence-corrected chi connectivity index (χ1v) is 6.64. The van der Waals surface area contributed by atoms with Crippen LogP contribution in [0.4, 0.5) is 5.69 Å². The highest BCUT2D eigenvalue weighted by Gasteiger charge is 2.24. The fourth-order valence-electron chi connectivity index (χ4n) is 2.53. The summed E-state index contributed by atoms with van der Waals surface area (Å²) in [6, 6.07) is 7.54. The normalized spacial score (nSPS) is 20.1. The third kappa shape index (κ3) is 3.24. The van der Waals surface area contributed by atoms with Gasteiger partial charge in [-0.15, -0.1) is 0 Å². The first kappa shape index (κ1) is 13.8. The van der Waals surface area contributed by atoms with Gasteiger partial charge in [0.15, 0.2) is 0 Å². The molecule has 0 aromatic heterocycles. The Morgan fingerprint density at radius 2 is 2.11 bits per heavy atom. The van der Waals surface area contributed by atoms with E-state index in [9.17, 15) is 4.79 Å². The maximum atomic E-state index is 12.4. The van der Waals surface area contributed by atoms with Crippen molar-refractivity contribution in [3.05, 3.63) is 29.8 Å². The molecular weight excluding hydrogens is 240 g/mol. The van der Waals surface area contributed by atoms with Gasteiger partial charge < -0.3 is 15.2 Å². The maximum absolute atomic E-state index is 12.4. The predicted molar refractivity (Wildman–Crippen MR) is 76.9 cm³/mol. The highest BCUT2D eigenvalue weighted by Crippen LogP contribution is 2.17. The van der Waals surface area contributed by atoms with Gasteiger partial charge in [0.2, 0.25) is 0 Å². The zero-order valence-corrected chi connectivity index (χ0v) is 11.6. The summed E-state index contributed by atoms with van der Waals surface area (Å²) in [4.78, 5) is 16.5. The molecule has 0 spiro atoms. The molecule has 1 saturated heterocycles. The number of nitrogen functional groups attached to an aromatic ring is 1. The molecule has 1 fully saturated rings. The van der Waals surface area contributed by atoms with E-state index in [0.29, 0.717) is 11.6 Å². The number of nitrogens with one attached hydrogen (secondary N) is 1. The number of amides is 1. The number of hydrazine groups is 1. The van der Waals surface area contributed by atoms with Crippen LogP contribution in [0, 0.1) is 0 Å². The Labute approximate surface area is 114 Å².